The van der Waals surface area contributed by atoms with Gasteiger partial charge in [-0.05, 0) is 41.1 Å². The van der Waals surface area contributed by atoms with Crippen LogP contribution in [0.4, 0.5) is 5.13 Å². The molecule has 0 aliphatic rings. The highest BCUT2D eigenvalue weighted by molar-refractivity contribution is 14.1. The minimum atomic E-state index is -0.287. The Hall–Kier alpha value is -0.440. The molecular formula is C14H14Cl2IN3OS. The van der Waals surface area contributed by atoms with Crippen molar-refractivity contribution in [2.75, 3.05) is 5.32 Å². The van der Waals surface area contributed by atoms with E-state index >= 15 is 0 Å². The lowest BCUT2D eigenvalue weighted by molar-refractivity contribution is 0.102. The molecule has 1 amide bonds. The van der Waals surface area contributed by atoms with Crippen molar-refractivity contribution in [3.63, 3.8) is 0 Å². The summed E-state index contributed by atoms with van der Waals surface area (Å²) < 4.78 is 0.661. The predicted molar refractivity (Wildman–Crippen MR) is 100 cm³/mol. The molecule has 0 spiro atoms. The Balaban J connectivity index is 2.06. The second kappa shape index (κ2) is 8.42. The summed E-state index contributed by atoms with van der Waals surface area (Å²) in [5.74, 6) is -0.287. The fraction of sp³-hybridized carbons (Fsp3) is 0.357. The number of nitrogens with one attached hydrogen (secondary N) is 1. The predicted octanol–water partition coefficient (Wildman–Crippen LogP) is 5.43. The van der Waals surface area contributed by atoms with Crippen molar-refractivity contribution in [1.29, 1.82) is 0 Å². The third-order valence-electron chi connectivity index (χ3n) is 2.92. The van der Waals surface area contributed by atoms with Gasteiger partial charge in [0.05, 0.1) is 10.6 Å². The number of halogens is 3. The van der Waals surface area contributed by atoms with E-state index in [0.29, 0.717) is 24.3 Å². The molecule has 0 bridgehead atoms. The Morgan fingerprint density at radius 2 is 2.09 bits per heavy atom. The Labute approximate surface area is 156 Å². The molecule has 118 valence electrons. The SMILES string of the molecule is CCCCCc1nnc(NC(=O)c2cc(Cl)cc(Cl)c2I)s1. The molecule has 8 heteroatoms. The molecule has 2 rings (SSSR count). The van der Waals surface area contributed by atoms with E-state index in [9.17, 15) is 4.79 Å². The first kappa shape index (κ1) is 17.9. The Morgan fingerprint density at radius 1 is 1.32 bits per heavy atom. The van der Waals surface area contributed by atoms with Gasteiger partial charge in [-0.15, -0.1) is 10.2 Å². The molecule has 0 aliphatic heterocycles. The maximum Gasteiger partial charge on any atom is 0.258 e. The minimum Gasteiger partial charge on any atom is -0.296 e. The highest BCUT2D eigenvalue weighted by Crippen LogP contribution is 2.28. The molecular weight excluding hydrogens is 456 g/mol. The molecule has 0 radical (unpaired) electrons. The number of hydrogen-bond acceptors (Lipinski definition) is 4. The summed E-state index contributed by atoms with van der Waals surface area (Å²) in [5.41, 5.74) is 0.431. The van der Waals surface area contributed by atoms with Crippen molar-refractivity contribution >= 4 is 68.2 Å². The summed E-state index contributed by atoms with van der Waals surface area (Å²) in [4.78, 5) is 12.3. The number of anilines is 1. The van der Waals surface area contributed by atoms with Crippen LogP contribution in [0, 0.1) is 3.57 Å². The van der Waals surface area contributed by atoms with Crippen LogP contribution in [0.15, 0.2) is 12.1 Å². The topological polar surface area (TPSA) is 54.9 Å². The van der Waals surface area contributed by atoms with Gasteiger partial charge in [-0.1, -0.05) is 54.3 Å². The van der Waals surface area contributed by atoms with E-state index in [0.717, 1.165) is 24.3 Å². The first-order valence-electron chi connectivity index (χ1n) is 6.79. The van der Waals surface area contributed by atoms with Gasteiger partial charge in [0.15, 0.2) is 0 Å². The van der Waals surface area contributed by atoms with Crippen molar-refractivity contribution in [3.8, 4) is 0 Å². The number of benzene rings is 1. The van der Waals surface area contributed by atoms with Gasteiger partial charge >= 0.3 is 0 Å². The second-order valence-electron chi connectivity index (χ2n) is 4.66. The zero-order chi connectivity index (χ0) is 16.1. The molecule has 0 fully saturated rings. The van der Waals surface area contributed by atoms with Crippen molar-refractivity contribution in [3.05, 3.63) is 36.3 Å². The first-order valence-corrected chi connectivity index (χ1v) is 9.44. The van der Waals surface area contributed by atoms with Gasteiger partial charge in [0, 0.05) is 15.0 Å². The summed E-state index contributed by atoms with van der Waals surface area (Å²) >= 11 is 15.4. The molecule has 0 saturated heterocycles. The molecule has 1 heterocycles. The van der Waals surface area contributed by atoms with Crippen molar-refractivity contribution < 1.29 is 4.79 Å². The number of amides is 1. The highest BCUT2D eigenvalue weighted by Gasteiger charge is 2.16. The third kappa shape index (κ3) is 4.78. The Kier molecular flexibility index (Phi) is 6.86. The molecule has 22 heavy (non-hydrogen) atoms. The van der Waals surface area contributed by atoms with E-state index in [-0.39, 0.29) is 5.91 Å². The number of carbonyl (C=O) groups excluding carboxylic acids is 1. The maximum atomic E-state index is 12.3. The summed E-state index contributed by atoms with van der Waals surface area (Å²) in [6.07, 6.45) is 4.31. The molecule has 0 unspecified atom stereocenters. The molecule has 0 saturated carbocycles. The summed E-state index contributed by atoms with van der Waals surface area (Å²) in [7, 11) is 0. The summed E-state index contributed by atoms with van der Waals surface area (Å²) in [6, 6.07) is 3.20. The van der Waals surface area contributed by atoms with Crippen molar-refractivity contribution in [2.24, 2.45) is 0 Å². The standard InChI is InChI=1S/C14H14Cl2IN3OS/c1-2-3-4-5-11-19-20-14(22-11)18-13(21)9-6-8(15)7-10(16)12(9)17/h6-7H,2-5H2,1H3,(H,18,20,21). The molecule has 2 aromatic rings. The van der Waals surface area contributed by atoms with Crippen LogP contribution in [-0.4, -0.2) is 16.1 Å². The van der Waals surface area contributed by atoms with Crippen LogP contribution in [0.5, 0.6) is 0 Å². The number of aryl methyl sites for hydroxylation is 1. The monoisotopic (exact) mass is 469 g/mol. The zero-order valence-corrected chi connectivity index (χ0v) is 16.3. The quantitative estimate of drug-likeness (QED) is 0.348. The van der Waals surface area contributed by atoms with Gasteiger partial charge in [0.1, 0.15) is 5.01 Å². The Morgan fingerprint density at radius 3 is 2.82 bits per heavy atom. The van der Waals surface area contributed by atoms with E-state index in [4.69, 9.17) is 23.2 Å². The number of aromatic nitrogens is 2. The average molecular weight is 470 g/mol. The maximum absolute atomic E-state index is 12.3. The van der Waals surface area contributed by atoms with Crippen LogP contribution < -0.4 is 5.32 Å². The van der Waals surface area contributed by atoms with Crippen LogP contribution in [0.1, 0.15) is 41.6 Å². The molecule has 1 aromatic heterocycles. The van der Waals surface area contributed by atoms with Gasteiger partial charge in [-0.2, -0.15) is 0 Å². The molecule has 1 aromatic carbocycles. The van der Waals surface area contributed by atoms with E-state index in [1.54, 1.807) is 12.1 Å². The van der Waals surface area contributed by atoms with Crippen LogP contribution in [0.3, 0.4) is 0 Å². The van der Waals surface area contributed by atoms with Crippen molar-refractivity contribution in [2.45, 2.75) is 32.6 Å². The minimum absolute atomic E-state index is 0.287. The van der Waals surface area contributed by atoms with Crippen LogP contribution in [0.25, 0.3) is 0 Å². The van der Waals surface area contributed by atoms with Crippen LogP contribution in [0.2, 0.25) is 10.0 Å². The fourth-order valence-electron chi connectivity index (χ4n) is 1.82. The normalized spacial score (nSPS) is 10.7. The van der Waals surface area contributed by atoms with E-state index < -0.39 is 0 Å². The zero-order valence-electron chi connectivity index (χ0n) is 11.8. The third-order valence-corrected chi connectivity index (χ3v) is 5.81. The van der Waals surface area contributed by atoms with E-state index in [1.807, 2.05) is 22.6 Å². The highest BCUT2D eigenvalue weighted by atomic mass is 127. The van der Waals surface area contributed by atoms with Gasteiger partial charge in [-0.3, -0.25) is 10.1 Å². The van der Waals surface area contributed by atoms with E-state index in [1.165, 1.54) is 17.8 Å². The summed E-state index contributed by atoms with van der Waals surface area (Å²) in [5, 5.41) is 13.1. The van der Waals surface area contributed by atoms with Gasteiger partial charge in [-0.25, -0.2) is 0 Å². The summed E-state index contributed by atoms with van der Waals surface area (Å²) in [6.45, 7) is 2.16. The van der Waals surface area contributed by atoms with E-state index in [2.05, 4.69) is 22.4 Å². The smallest absolute Gasteiger partial charge is 0.258 e. The first-order chi connectivity index (χ1) is 10.5. The van der Waals surface area contributed by atoms with Gasteiger partial charge < -0.3 is 0 Å². The largest absolute Gasteiger partial charge is 0.296 e. The van der Waals surface area contributed by atoms with Gasteiger partial charge in [0.2, 0.25) is 5.13 Å². The molecule has 0 atom stereocenters. The van der Waals surface area contributed by atoms with Crippen LogP contribution in [-0.2, 0) is 6.42 Å². The lowest BCUT2D eigenvalue weighted by Gasteiger charge is -2.06. The number of hydrogen-bond donors (Lipinski definition) is 1. The Bertz CT molecular complexity index is 678. The number of nitrogens with zero attached hydrogens (tertiary/aromatic N) is 2. The average Bonchev–Trinajstić information content (AvgIpc) is 2.90. The van der Waals surface area contributed by atoms with Crippen molar-refractivity contribution in [1.82, 2.24) is 10.2 Å². The number of unbranched alkanes of at least 4 members (excludes halogenated alkanes) is 2. The van der Waals surface area contributed by atoms with Crippen LogP contribution >= 0.6 is 57.1 Å². The molecule has 4 nitrogen and oxygen atoms in total. The fourth-order valence-corrected chi connectivity index (χ4v) is 3.64. The molecule has 0 aliphatic carbocycles. The lowest BCUT2D eigenvalue weighted by Crippen LogP contribution is -2.13. The number of rotatable bonds is 6. The lowest BCUT2D eigenvalue weighted by atomic mass is 10.2. The van der Waals surface area contributed by atoms with Gasteiger partial charge in [0.25, 0.3) is 5.91 Å². The number of carbonyl (C=O) groups is 1. The second-order valence-corrected chi connectivity index (χ2v) is 7.65. The molecule has 1 N–H and O–H groups in total.